The number of amides is 1. The van der Waals surface area contributed by atoms with Crippen LogP contribution in [0.25, 0.3) is 11.0 Å². The third kappa shape index (κ3) is 3.14. The average molecular weight is 305 g/mol. The molecule has 21 heavy (non-hydrogen) atoms. The van der Waals surface area contributed by atoms with E-state index in [9.17, 15) is 4.79 Å². The number of para-hydroxylation sites is 2. The van der Waals surface area contributed by atoms with Crippen LogP contribution in [0.4, 0.5) is 5.82 Å². The molecule has 1 heterocycles. The summed E-state index contributed by atoms with van der Waals surface area (Å²) in [6, 6.07) is 7.64. The van der Waals surface area contributed by atoms with E-state index in [1.807, 2.05) is 24.3 Å². The van der Waals surface area contributed by atoms with Crippen molar-refractivity contribution in [3.8, 4) is 0 Å². The van der Waals surface area contributed by atoms with Crippen LogP contribution in [-0.2, 0) is 4.79 Å². The molecule has 1 aromatic carbocycles. The van der Waals surface area contributed by atoms with Gasteiger partial charge in [0, 0.05) is 12.0 Å². The fourth-order valence-electron chi connectivity index (χ4n) is 2.66. The van der Waals surface area contributed by atoms with Gasteiger partial charge in [-0.2, -0.15) is 0 Å². The minimum Gasteiger partial charge on any atom is -0.328 e. The zero-order valence-corrected chi connectivity index (χ0v) is 12.3. The van der Waals surface area contributed by atoms with Gasteiger partial charge in [0.05, 0.1) is 11.0 Å². The summed E-state index contributed by atoms with van der Waals surface area (Å²) < 4.78 is 0. The number of fused-ring (bicyclic) bond motifs is 1. The van der Waals surface area contributed by atoms with Crippen LogP contribution in [0.3, 0.4) is 0 Å². The third-order valence-electron chi connectivity index (χ3n) is 3.91. The van der Waals surface area contributed by atoms with Gasteiger partial charge in [-0.3, -0.25) is 4.79 Å². The van der Waals surface area contributed by atoms with E-state index in [0.717, 1.165) is 25.7 Å². The molecule has 2 aromatic rings. The van der Waals surface area contributed by atoms with Crippen molar-refractivity contribution in [3.63, 3.8) is 0 Å². The lowest BCUT2D eigenvalue weighted by atomic mass is 9.86. The molecule has 1 aliphatic rings. The lowest BCUT2D eigenvalue weighted by molar-refractivity contribution is -0.120. The standard InChI is InChI=1S/C15H17ClN4O/c16-13-14(19-12-4-2-1-3-11(12)18-13)20-15(21)9-5-7-10(17)8-6-9/h1-4,9-10H,5-8,17H2,(H,19,20,21). The molecule has 1 amide bonds. The topological polar surface area (TPSA) is 80.9 Å². The quantitative estimate of drug-likeness (QED) is 0.894. The predicted molar refractivity (Wildman–Crippen MR) is 83.1 cm³/mol. The first-order chi connectivity index (χ1) is 10.1. The second-order valence-electron chi connectivity index (χ2n) is 5.45. The lowest BCUT2D eigenvalue weighted by Gasteiger charge is -2.25. The first-order valence-electron chi connectivity index (χ1n) is 7.12. The van der Waals surface area contributed by atoms with Crippen LogP contribution in [0.1, 0.15) is 25.7 Å². The second-order valence-corrected chi connectivity index (χ2v) is 5.81. The highest BCUT2D eigenvalue weighted by atomic mass is 35.5. The Morgan fingerprint density at radius 3 is 2.43 bits per heavy atom. The smallest absolute Gasteiger partial charge is 0.228 e. The molecule has 6 heteroatoms. The summed E-state index contributed by atoms with van der Waals surface area (Å²) in [5, 5.41) is 3.02. The number of anilines is 1. The molecule has 1 aliphatic carbocycles. The number of nitrogens with two attached hydrogens (primary N) is 1. The maximum absolute atomic E-state index is 12.3. The van der Waals surface area contributed by atoms with E-state index in [1.165, 1.54) is 0 Å². The zero-order valence-electron chi connectivity index (χ0n) is 11.6. The largest absolute Gasteiger partial charge is 0.328 e. The Kier molecular flexibility index (Phi) is 4.03. The minimum atomic E-state index is -0.0478. The van der Waals surface area contributed by atoms with E-state index < -0.39 is 0 Å². The molecule has 3 N–H and O–H groups in total. The van der Waals surface area contributed by atoms with E-state index >= 15 is 0 Å². The molecule has 110 valence electrons. The van der Waals surface area contributed by atoms with Crippen LogP contribution in [0.2, 0.25) is 5.15 Å². The number of benzene rings is 1. The third-order valence-corrected chi connectivity index (χ3v) is 4.18. The molecule has 0 atom stereocenters. The fourth-order valence-corrected chi connectivity index (χ4v) is 2.84. The van der Waals surface area contributed by atoms with Gasteiger partial charge >= 0.3 is 0 Å². The number of nitrogens with zero attached hydrogens (tertiary/aromatic N) is 2. The van der Waals surface area contributed by atoms with E-state index in [-0.39, 0.29) is 23.0 Å². The highest BCUT2D eigenvalue weighted by Crippen LogP contribution is 2.26. The van der Waals surface area contributed by atoms with Crippen molar-refractivity contribution < 1.29 is 4.79 Å². The Morgan fingerprint density at radius 2 is 1.76 bits per heavy atom. The van der Waals surface area contributed by atoms with Crippen molar-refractivity contribution in [3.05, 3.63) is 29.4 Å². The normalized spacial score (nSPS) is 22.2. The molecular formula is C15H17ClN4O. The van der Waals surface area contributed by atoms with Crippen molar-refractivity contribution in [2.45, 2.75) is 31.7 Å². The molecule has 1 aromatic heterocycles. The second kappa shape index (κ2) is 5.95. The van der Waals surface area contributed by atoms with Gasteiger partial charge in [-0.15, -0.1) is 0 Å². The van der Waals surface area contributed by atoms with E-state index in [1.54, 1.807) is 0 Å². The fraction of sp³-hybridized carbons (Fsp3) is 0.400. The van der Waals surface area contributed by atoms with Crippen LogP contribution in [0.15, 0.2) is 24.3 Å². The molecule has 0 spiro atoms. The summed E-state index contributed by atoms with van der Waals surface area (Å²) in [6.07, 6.45) is 3.39. The minimum absolute atomic E-state index is 0.0193. The monoisotopic (exact) mass is 304 g/mol. The van der Waals surface area contributed by atoms with Crippen LogP contribution in [-0.4, -0.2) is 21.9 Å². The van der Waals surface area contributed by atoms with E-state index in [2.05, 4.69) is 15.3 Å². The zero-order chi connectivity index (χ0) is 14.8. The molecular weight excluding hydrogens is 288 g/mol. The van der Waals surface area contributed by atoms with Gasteiger partial charge in [0.2, 0.25) is 5.91 Å². The SMILES string of the molecule is NC1CCC(C(=O)Nc2nc3ccccc3nc2Cl)CC1. The highest BCUT2D eigenvalue weighted by molar-refractivity contribution is 6.32. The van der Waals surface area contributed by atoms with Crippen molar-refractivity contribution in [2.75, 3.05) is 5.32 Å². The van der Waals surface area contributed by atoms with E-state index in [4.69, 9.17) is 17.3 Å². The van der Waals surface area contributed by atoms with Crippen LogP contribution in [0, 0.1) is 5.92 Å². The van der Waals surface area contributed by atoms with Crippen molar-refractivity contribution >= 4 is 34.4 Å². The number of carbonyl (C=O) groups is 1. The Balaban J connectivity index is 1.78. The van der Waals surface area contributed by atoms with Gasteiger partial charge in [0.15, 0.2) is 11.0 Å². The summed E-state index contributed by atoms with van der Waals surface area (Å²) >= 11 is 6.10. The number of rotatable bonds is 2. The number of carbonyl (C=O) groups excluding carboxylic acids is 1. The number of hydrogen-bond donors (Lipinski definition) is 2. The van der Waals surface area contributed by atoms with Crippen molar-refractivity contribution in [1.29, 1.82) is 0 Å². The Labute approximate surface area is 127 Å². The maximum atomic E-state index is 12.3. The summed E-state index contributed by atoms with van der Waals surface area (Å²) in [5.74, 6) is 0.262. The summed E-state index contributed by atoms with van der Waals surface area (Å²) in [4.78, 5) is 20.9. The Bertz CT molecular complexity index is 668. The number of hydrogen-bond acceptors (Lipinski definition) is 4. The van der Waals surface area contributed by atoms with Gasteiger partial charge in [-0.1, -0.05) is 23.7 Å². The van der Waals surface area contributed by atoms with Crippen LogP contribution in [0.5, 0.6) is 0 Å². The maximum Gasteiger partial charge on any atom is 0.228 e. The van der Waals surface area contributed by atoms with Crippen molar-refractivity contribution in [2.24, 2.45) is 11.7 Å². The molecule has 5 nitrogen and oxygen atoms in total. The summed E-state index contributed by atoms with van der Waals surface area (Å²) in [7, 11) is 0. The summed E-state index contributed by atoms with van der Waals surface area (Å²) in [5.41, 5.74) is 7.28. The van der Waals surface area contributed by atoms with Gasteiger partial charge in [-0.25, -0.2) is 9.97 Å². The van der Waals surface area contributed by atoms with Gasteiger partial charge in [0.25, 0.3) is 0 Å². The van der Waals surface area contributed by atoms with E-state index in [0.29, 0.717) is 16.9 Å². The Morgan fingerprint density at radius 1 is 1.14 bits per heavy atom. The van der Waals surface area contributed by atoms with Gasteiger partial charge in [0.1, 0.15) is 0 Å². The first kappa shape index (κ1) is 14.2. The molecule has 1 saturated carbocycles. The van der Waals surface area contributed by atoms with Crippen molar-refractivity contribution in [1.82, 2.24) is 9.97 Å². The molecule has 0 aliphatic heterocycles. The molecule has 0 unspecified atom stereocenters. The Hall–Kier alpha value is -1.72. The molecule has 3 rings (SSSR count). The highest BCUT2D eigenvalue weighted by Gasteiger charge is 2.25. The molecule has 0 bridgehead atoms. The lowest BCUT2D eigenvalue weighted by Crippen LogP contribution is -2.32. The molecule has 0 radical (unpaired) electrons. The van der Waals surface area contributed by atoms with Crippen LogP contribution < -0.4 is 11.1 Å². The van der Waals surface area contributed by atoms with Gasteiger partial charge < -0.3 is 11.1 Å². The molecule has 1 fully saturated rings. The number of halogens is 1. The average Bonchev–Trinajstić information content (AvgIpc) is 2.48. The van der Waals surface area contributed by atoms with Gasteiger partial charge in [-0.05, 0) is 37.8 Å². The number of aromatic nitrogens is 2. The first-order valence-corrected chi connectivity index (χ1v) is 7.50. The molecule has 0 saturated heterocycles. The van der Waals surface area contributed by atoms with Crippen LogP contribution >= 0.6 is 11.6 Å². The number of nitrogens with one attached hydrogen (secondary N) is 1. The summed E-state index contributed by atoms with van der Waals surface area (Å²) in [6.45, 7) is 0. The predicted octanol–water partition coefficient (Wildman–Crippen LogP) is 2.74.